The first-order valence-electron chi connectivity index (χ1n) is 7.47. The maximum Gasteiger partial charge on any atom is 0.191 e. The molecule has 0 radical (unpaired) electrons. The maximum absolute atomic E-state index is 13.2. The number of halogens is 1. The van der Waals surface area contributed by atoms with Crippen LogP contribution in [0.5, 0.6) is 0 Å². The zero-order valence-electron chi connectivity index (χ0n) is 13.1. The Hall–Kier alpha value is -2.47. The summed E-state index contributed by atoms with van der Waals surface area (Å²) in [5, 5.41) is 9.01. The first kappa shape index (κ1) is 16.4. The number of thioether (sulfide) groups is 1. The van der Waals surface area contributed by atoms with E-state index < -0.39 is 5.82 Å². The van der Waals surface area contributed by atoms with Crippen molar-refractivity contribution >= 4 is 17.5 Å². The van der Waals surface area contributed by atoms with E-state index in [1.54, 1.807) is 6.07 Å². The van der Waals surface area contributed by atoms with Crippen LogP contribution in [0.2, 0.25) is 0 Å². The summed E-state index contributed by atoms with van der Waals surface area (Å²) < 4.78 is 15.1. The molecular weight excluding hydrogens is 325 g/mol. The van der Waals surface area contributed by atoms with E-state index in [1.165, 1.54) is 30.0 Å². The van der Waals surface area contributed by atoms with Crippen molar-refractivity contribution in [3.63, 3.8) is 0 Å². The van der Waals surface area contributed by atoms with Crippen molar-refractivity contribution in [1.29, 1.82) is 0 Å². The number of hydrogen-bond acceptors (Lipinski definition) is 4. The van der Waals surface area contributed by atoms with Gasteiger partial charge in [-0.05, 0) is 17.7 Å². The summed E-state index contributed by atoms with van der Waals surface area (Å²) >= 11 is 1.30. The molecule has 0 aliphatic rings. The van der Waals surface area contributed by atoms with Crippen LogP contribution in [0.4, 0.5) is 4.39 Å². The average Bonchev–Trinajstić information content (AvgIpc) is 2.94. The molecule has 0 atom stereocenters. The van der Waals surface area contributed by atoms with E-state index in [0.717, 1.165) is 11.4 Å². The summed E-state index contributed by atoms with van der Waals surface area (Å²) in [6.07, 6.45) is 0.683. The molecule has 6 heteroatoms. The van der Waals surface area contributed by atoms with Gasteiger partial charge in [0.25, 0.3) is 0 Å². The first-order chi connectivity index (χ1) is 11.6. The van der Waals surface area contributed by atoms with Crippen LogP contribution in [0, 0.1) is 5.82 Å². The number of benzene rings is 2. The zero-order chi connectivity index (χ0) is 16.9. The van der Waals surface area contributed by atoms with Gasteiger partial charge in [-0.25, -0.2) is 4.39 Å². The molecule has 4 nitrogen and oxygen atoms in total. The second-order valence-corrected chi connectivity index (χ2v) is 6.28. The number of carbonyl (C=O) groups excluding carboxylic acids is 1. The second-order valence-electron chi connectivity index (χ2n) is 5.34. The van der Waals surface area contributed by atoms with E-state index in [-0.39, 0.29) is 11.5 Å². The molecule has 2 aromatic carbocycles. The molecule has 24 heavy (non-hydrogen) atoms. The standard InChI is InChI=1S/C18H16FN3OS/c1-22-17(10-13-6-3-2-4-7-13)20-21-18(22)24-12-16(23)14-8-5-9-15(19)11-14/h2-9,11H,10,12H2,1H3. The fourth-order valence-electron chi connectivity index (χ4n) is 2.28. The molecule has 0 aliphatic heterocycles. The topological polar surface area (TPSA) is 47.8 Å². The number of carbonyl (C=O) groups is 1. The van der Waals surface area contributed by atoms with Crippen molar-refractivity contribution in [2.45, 2.75) is 11.6 Å². The summed E-state index contributed by atoms with van der Waals surface area (Å²) in [6.45, 7) is 0. The highest BCUT2D eigenvalue weighted by Crippen LogP contribution is 2.19. The van der Waals surface area contributed by atoms with Crippen molar-refractivity contribution in [2.75, 3.05) is 5.75 Å². The van der Waals surface area contributed by atoms with Crippen molar-refractivity contribution in [1.82, 2.24) is 14.8 Å². The lowest BCUT2D eigenvalue weighted by Crippen LogP contribution is -2.05. The molecule has 0 aliphatic carbocycles. The molecule has 0 amide bonds. The summed E-state index contributed by atoms with van der Waals surface area (Å²) in [6, 6.07) is 15.7. The van der Waals surface area contributed by atoms with Gasteiger partial charge in [-0.1, -0.05) is 54.2 Å². The van der Waals surface area contributed by atoms with Gasteiger partial charge in [-0.3, -0.25) is 4.79 Å². The predicted octanol–water partition coefficient (Wildman–Crippen LogP) is 3.52. The SMILES string of the molecule is Cn1c(Cc2ccccc2)nnc1SCC(=O)c1cccc(F)c1. The van der Waals surface area contributed by atoms with E-state index in [0.29, 0.717) is 17.1 Å². The summed E-state index contributed by atoms with van der Waals surface area (Å²) in [4.78, 5) is 12.1. The van der Waals surface area contributed by atoms with Gasteiger partial charge < -0.3 is 4.57 Å². The van der Waals surface area contributed by atoms with E-state index in [9.17, 15) is 9.18 Å². The van der Waals surface area contributed by atoms with E-state index in [2.05, 4.69) is 10.2 Å². The third-order valence-corrected chi connectivity index (χ3v) is 4.63. The average molecular weight is 341 g/mol. The number of Topliss-reactive ketones (excluding diaryl/α,β-unsaturated/α-hetero) is 1. The Morgan fingerprint density at radius 1 is 1.12 bits per heavy atom. The summed E-state index contributed by atoms with van der Waals surface area (Å²) in [5.41, 5.74) is 1.52. The molecule has 0 bridgehead atoms. The van der Waals surface area contributed by atoms with Gasteiger partial charge in [0.15, 0.2) is 10.9 Å². The Balaban J connectivity index is 1.65. The molecule has 0 spiro atoms. The van der Waals surface area contributed by atoms with Gasteiger partial charge in [-0.2, -0.15) is 0 Å². The first-order valence-corrected chi connectivity index (χ1v) is 8.46. The third-order valence-electron chi connectivity index (χ3n) is 3.61. The minimum absolute atomic E-state index is 0.132. The van der Waals surface area contributed by atoms with Crippen molar-refractivity contribution in [3.05, 3.63) is 77.4 Å². The molecule has 0 saturated heterocycles. The number of nitrogens with zero attached hydrogens (tertiary/aromatic N) is 3. The van der Waals surface area contributed by atoms with Crippen LogP contribution < -0.4 is 0 Å². The van der Waals surface area contributed by atoms with Gasteiger partial charge in [-0.15, -0.1) is 10.2 Å². The van der Waals surface area contributed by atoms with Gasteiger partial charge in [0.1, 0.15) is 11.6 Å². The van der Waals surface area contributed by atoms with Crippen molar-refractivity contribution in [2.24, 2.45) is 7.05 Å². The lowest BCUT2D eigenvalue weighted by molar-refractivity contribution is 0.102. The Bertz CT molecular complexity index is 848. The van der Waals surface area contributed by atoms with Crippen LogP contribution in [0.15, 0.2) is 59.8 Å². The Labute approximate surface area is 143 Å². The normalized spacial score (nSPS) is 10.8. The third kappa shape index (κ3) is 3.89. The maximum atomic E-state index is 13.2. The molecule has 3 aromatic rings. The number of ketones is 1. The number of rotatable bonds is 6. The lowest BCUT2D eigenvalue weighted by atomic mass is 10.1. The quantitative estimate of drug-likeness (QED) is 0.508. The Morgan fingerprint density at radius 2 is 1.92 bits per heavy atom. The summed E-state index contributed by atoms with van der Waals surface area (Å²) in [5.74, 6) is 0.490. The fraction of sp³-hybridized carbons (Fsp3) is 0.167. The van der Waals surface area contributed by atoms with Gasteiger partial charge in [0.2, 0.25) is 0 Å². The van der Waals surface area contributed by atoms with Gasteiger partial charge >= 0.3 is 0 Å². The zero-order valence-corrected chi connectivity index (χ0v) is 14.0. The molecule has 3 rings (SSSR count). The predicted molar refractivity (Wildman–Crippen MR) is 91.7 cm³/mol. The molecule has 1 heterocycles. The van der Waals surface area contributed by atoms with Gasteiger partial charge in [0, 0.05) is 19.0 Å². The molecule has 0 unspecified atom stereocenters. The van der Waals surface area contributed by atoms with Crippen LogP contribution in [0.3, 0.4) is 0 Å². The monoisotopic (exact) mass is 341 g/mol. The fourth-order valence-corrected chi connectivity index (χ4v) is 3.10. The molecular formula is C18H16FN3OS. The summed E-state index contributed by atoms with van der Waals surface area (Å²) in [7, 11) is 1.88. The molecule has 0 saturated carbocycles. The smallest absolute Gasteiger partial charge is 0.191 e. The Kier molecular flexibility index (Phi) is 5.05. The van der Waals surface area contributed by atoms with E-state index in [4.69, 9.17) is 0 Å². The minimum Gasteiger partial charge on any atom is -0.309 e. The largest absolute Gasteiger partial charge is 0.309 e. The van der Waals surface area contributed by atoms with Crippen LogP contribution in [0.25, 0.3) is 0 Å². The minimum atomic E-state index is -0.408. The highest BCUT2D eigenvalue weighted by molar-refractivity contribution is 7.99. The number of hydrogen-bond donors (Lipinski definition) is 0. The molecule has 0 N–H and O–H groups in total. The second kappa shape index (κ2) is 7.40. The van der Waals surface area contributed by atoms with Crippen molar-refractivity contribution in [3.8, 4) is 0 Å². The van der Waals surface area contributed by atoms with E-state index in [1.807, 2.05) is 41.9 Å². The molecule has 1 aromatic heterocycles. The van der Waals surface area contributed by atoms with Crippen LogP contribution in [-0.2, 0) is 13.5 Å². The van der Waals surface area contributed by atoms with Crippen LogP contribution in [-0.4, -0.2) is 26.3 Å². The van der Waals surface area contributed by atoms with Crippen LogP contribution in [0.1, 0.15) is 21.7 Å². The van der Waals surface area contributed by atoms with E-state index >= 15 is 0 Å². The highest BCUT2D eigenvalue weighted by Gasteiger charge is 2.13. The van der Waals surface area contributed by atoms with Crippen molar-refractivity contribution < 1.29 is 9.18 Å². The van der Waals surface area contributed by atoms with Crippen LogP contribution >= 0.6 is 11.8 Å². The van der Waals surface area contributed by atoms with Gasteiger partial charge in [0.05, 0.1) is 5.75 Å². The number of aromatic nitrogens is 3. The highest BCUT2D eigenvalue weighted by atomic mass is 32.2. The molecule has 0 fully saturated rings. The Morgan fingerprint density at radius 3 is 2.67 bits per heavy atom. The lowest BCUT2D eigenvalue weighted by Gasteiger charge is -2.04. The molecule has 122 valence electrons.